The maximum atomic E-state index is 15.5. The number of piperidine rings is 1. The van der Waals surface area contributed by atoms with E-state index < -0.39 is 11.6 Å². The molecule has 0 bridgehead atoms. The molecule has 2 amide bonds. The highest BCUT2D eigenvalue weighted by Crippen LogP contribution is 2.28. The molecule has 3 aromatic rings. The van der Waals surface area contributed by atoms with E-state index in [9.17, 15) is 9.59 Å². The van der Waals surface area contributed by atoms with Gasteiger partial charge >= 0.3 is 0 Å². The largest absolute Gasteiger partial charge is 0.349 e. The van der Waals surface area contributed by atoms with E-state index in [1.807, 2.05) is 24.3 Å². The highest BCUT2D eigenvalue weighted by Gasteiger charge is 2.44. The van der Waals surface area contributed by atoms with Gasteiger partial charge in [0.2, 0.25) is 5.67 Å². The van der Waals surface area contributed by atoms with Gasteiger partial charge in [-0.05, 0) is 30.5 Å². The lowest BCUT2D eigenvalue weighted by Gasteiger charge is -2.36. The smallest absolute Gasteiger partial charge is 0.275 e. The van der Waals surface area contributed by atoms with Crippen molar-refractivity contribution in [3.8, 4) is 0 Å². The van der Waals surface area contributed by atoms with Crippen molar-refractivity contribution in [2.45, 2.75) is 25.1 Å². The summed E-state index contributed by atoms with van der Waals surface area (Å²) >= 11 is 0. The van der Waals surface area contributed by atoms with Gasteiger partial charge in [-0.1, -0.05) is 24.3 Å². The van der Waals surface area contributed by atoms with E-state index in [1.54, 1.807) is 36.3 Å². The Hall–Kier alpha value is -3.29. The van der Waals surface area contributed by atoms with Crippen LogP contribution in [0.25, 0.3) is 10.9 Å². The first-order valence-electron chi connectivity index (χ1n) is 9.55. The van der Waals surface area contributed by atoms with Gasteiger partial charge in [-0.3, -0.25) is 19.3 Å². The summed E-state index contributed by atoms with van der Waals surface area (Å²) in [4.78, 5) is 31.0. The van der Waals surface area contributed by atoms with Crippen molar-refractivity contribution in [2.75, 3.05) is 13.1 Å². The van der Waals surface area contributed by atoms with E-state index >= 15 is 4.39 Å². The summed E-state index contributed by atoms with van der Waals surface area (Å²) in [5.41, 5.74) is -0.231. The summed E-state index contributed by atoms with van der Waals surface area (Å²) in [5, 5.41) is 7.68. The number of likely N-dealkylation sites (tertiary alicyclic amines) is 1. The molecule has 0 aliphatic carbocycles. The van der Waals surface area contributed by atoms with Crippen LogP contribution in [0.3, 0.4) is 0 Å². The van der Waals surface area contributed by atoms with Crippen LogP contribution in [-0.2, 0) is 18.4 Å². The molecular weight excluding hydrogens is 373 g/mol. The molecule has 1 atom stereocenters. The summed E-state index contributed by atoms with van der Waals surface area (Å²) in [7, 11) is 1.76. The Balaban J connectivity index is 1.49. The van der Waals surface area contributed by atoms with Crippen LogP contribution in [0.1, 0.15) is 28.9 Å². The minimum atomic E-state index is -2.12. The Bertz CT molecular complexity index is 1050. The Kier molecular flexibility index (Phi) is 5.00. The Morgan fingerprint density at radius 1 is 1.24 bits per heavy atom. The van der Waals surface area contributed by atoms with Gasteiger partial charge in [-0.2, -0.15) is 5.10 Å². The van der Waals surface area contributed by atoms with E-state index in [4.69, 9.17) is 0 Å². The van der Waals surface area contributed by atoms with Crippen molar-refractivity contribution < 1.29 is 14.0 Å². The van der Waals surface area contributed by atoms with Crippen LogP contribution in [0.5, 0.6) is 0 Å². The number of hydrogen-bond donors (Lipinski definition) is 1. The molecule has 7 nitrogen and oxygen atoms in total. The number of pyridine rings is 1. The molecule has 29 heavy (non-hydrogen) atoms. The predicted octanol–water partition coefficient (Wildman–Crippen LogP) is 2.23. The number of carbonyl (C=O) groups is 2. The number of alkyl halides is 1. The first kappa shape index (κ1) is 19.0. The second kappa shape index (κ2) is 7.62. The van der Waals surface area contributed by atoms with Gasteiger partial charge in [0.25, 0.3) is 11.8 Å². The second-order valence-corrected chi connectivity index (χ2v) is 7.33. The molecule has 4 rings (SSSR count). The molecular formula is C21H22FN5O2. The molecule has 1 N–H and O–H groups in total. The summed E-state index contributed by atoms with van der Waals surface area (Å²) in [6.45, 7) is 0.304. The summed E-state index contributed by atoms with van der Waals surface area (Å²) < 4.78 is 17.1. The third-order valence-electron chi connectivity index (χ3n) is 5.27. The van der Waals surface area contributed by atoms with E-state index in [0.29, 0.717) is 13.0 Å². The number of aryl methyl sites for hydroxylation is 1. The van der Waals surface area contributed by atoms with Gasteiger partial charge in [0, 0.05) is 37.9 Å². The van der Waals surface area contributed by atoms with Gasteiger partial charge in [0.15, 0.2) is 5.69 Å². The number of nitrogens with zero attached hydrogens (tertiary/aromatic N) is 4. The molecule has 1 aliphatic rings. The van der Waals surface area contributed by atoms with Crippen LogP contribution in [0.4, 0.5) is 4.39 Å². The molecule has 1 saturated heterocycles. The molecule has 0 radical (unpaired) electrons. The number of para-hydroxylation sites is 1. The lowest BCUT2D eigenvalue weighted by atomic mass is 9.93. The summed E-state index contributed by atoms with van der Waals surface area (Å²) in [6, 6.07) is 11.0. The number of carbonyl (C=O) groups excluding carboxylic acids is 2. The van der Waals surface area contributed by atoms with Crippen molar-refractivity contribution in [3.05, 3.63) is 60.0 Å². The lowest BCUT2D eigenvalue weighted by Crippen LogP contribution is -2.55. The van der Waals surface area contributed by atoms with Gasteiger partial charge in [0.1, 0.15) is 0 Å². The number of rotatable bonds is 4. The predicted molar refractivity (Wildman–Crippen MR) is 106 cm³/mol. The fourth-order valence-corrected chi connectivity index (χ4v) is 3.73. The maximum Gasteiger partial charge on any atom is 0.275 e. The minimum Gasteiger partial charge on any atom is -0.349 e. The molecule has 1 aromatic carbocycles. The highest BCUT2D eigenvalue weighted by atomic mass is 19.1. The number of fused-ring (bicyclic) bond motifs is 1. The summed E-state index contributed by atoms with van der Waals surface area (Å²) in [6.07, 6.45) is 3.74. The lowest BCUT2D eigenvalue weighted by molar-refractivity contribution is -0.136. The van der Waals surface area contributed by atoms with Crippen molar-refractivity contribution in [1.82, 2.24) is 25.0 Å². The van der Waals surface area contributed by atoms with E-state index in [1.165, 1.54) is 4.90 Å². The molecule has 2 aromatic heterocycles. The zero-order valence-corrected chi connectivity index (χ0v) is 16.1. The average molecular weight is 395 g/mol. The van der Waals surface area contributed by atoms with Gasteiger partial charge in [-0.25, -0.2) is 4.39 Å². The third-order valence-corrected chi connectivity index (χ3v) is 5.27. The molecule has 1 unspecified atom stereocenters. The Morgan fingerprint density at radius 2 is 2.07 bits per heavy atom. The minimum absolute atomic E-state index is 0.0820. The first-order chi connectivity index (χ1) is 14.0. The molecule has 150 valence electrons. The fourth-order valence-electron chi connectivity index (χ4n) is 3.73. The molecule has 3 heterocycles. The van der Waals surface area contributed by atoms with Crippen LogP contribution < -0.4 is 5.32 Å². The van der Waals surface area contributed by atoms with Gasteiger partial charge in [0.05, 0.1) is 12.1 Å². The van der Waals surface area contributed by atoms with Crippen molar-refractivity contribution in [3.63, 3.8) is 0 Å². The second-order valence-electron chi connectivity index (χ2n) is 7.33. The number of hydrogen-bond acceptors (Lipinski definition) is 4. The third kappa shape index (κ3) is 3.70. The van der Waals surface area contributed by atoms with E-state index in [2.05, 4.69) is 15.4 Å². The van der Waals surface area contributed by atoms with Crippen molar-refractivity contribution in [2.24, 2.45) is 7.05 Å². The molecule has 1 fully saturated rings. The Labute approximate surface area is 167 Å². The van der Waals surface area contributed by atoms with Crippen LogP contribution in [-0.4, -0.2) is 50.2 Å². The Morgan fingerprint density at radius 3 is 2.86 bits per heavy atom. The maximum absolute atomic E-state index is 15.5. The van der Waals surface area contributed by atoms with E-state index in [-0.39, 0.29) is 31.1 Å². The number of benzene rings is 1. The molecule has 1 aliphatic heterocycles. The van der Waals surface area contributed by atoms with Crippen molar-refractivity contribution >= 4 is 22.7 Å². The van der Waals surface area contributed by atoms with Crippen LogP contribution in [0.15, 0.2) is 48.8 Å². The molecule has 8 heteroatoms. The van der Waals surface area contributed by atoms with Crippen molar-refractivity contribution in [1.29, 1.82) is 0 Å². The first-order valence-corrected chi connectivity index (χ1v) is 9.55. The highest BCUT2D eigenvalue weighted by molar-refractivity contribution is 6.05. The average Bonchev–Trinajstić information content (AvgIpc) is 3.09. The fraction of sp³-hybridized carbons (Fsp3) is 0.333. The number of halogens is 1. The van der Waals surface area contributed by atoms with E-state index in [0.717, 1.165) is 16.5 Å². The molecule has 0 spiro atoms. The van der Waals surface area contributed by atoms with Gasteiger partial charge in [-0.15, -0.1) is 0 Å². The quantitative estimate of drug-likeness (QED) is 0.735. The monoisotopic (exact) mass is 395 g/mol. The van der Waals surface area contributed by atoms with Crippen LogP contribution in [0, 0.1) is 0 Å². The number of aromatic nitrogens is 3. The van der Waals surface area contributed by atoms with Crippen LogP contribution in [0.2, 0.25) is 0 Å². The zero-order chi connectivity index (χ0) is 20.4. The van der Waals surface area contributed by atoms with Gasteiger partial charge < -0.3 is 10.2 Å². The normalized spacial score (nSPS) is 19.3. The standard InChI is InChI=1S/C21H22FN5O2/c1-26-17-8-3-2-7-16(17)18(25-26)19(28)27-11-5-9-21(22,14-27)20(29)24-13-15-6-4-10-23-12-15/h2-4,6-8,10,12H,5,9,11,13-14H2,1H3,(H,24,29). The topological polar surface area (TPSA) is 80.1 Å². The zero-order valence-electron chi connectivity index (χ0n) is 16.1. The SMILES string of the molecule is Cn1nc(C(=O)N2CCCC(F)(C(=O)NCc3cccnc3)C2)c2ccccc21. The number of amides is 2. The number of nitrogens with one attached hydrogen (secondary N) is 1. The summed E-state index contributed by atoms with van der Waals surface area (Å²) in [5.74, 6) is -1.06. The van der Waals surface area contributed by atoms with Crippen LogP contribution >= 0.6 is 0 Å². The molecule has 0 saturated carbocycles.